The second kappa shape index (κ2) is 2.94. The molecular weight excluding hydrogens is 152 g/mol. The fourth-order valence-corrected chi connectivity index (χ4v) is 0.734. The first kappa shape index (κ1) is 7.44. The van der Waals surface area contributed by atoms with Crippen LogP contribution in [-0.4, -0.2) is 15.1 Å². The van der Waals surface area contributed by atoms with Gasteiger partial charge in [-0.15, -0.1) is 0 Å². The van der Waals surface area contributed by atoms with Gasteiger partial charge in [-0.1, -0.05) is 0 Å². The third-order valence-corrected chi connectivity index (χ3v) is 1.26. The maximum atomic E-state index is 9.00. The Balaban J connectivity index is 2.96. The molecule has 0 spiro atoms. The molecule has 10 heavy (non-hydrogen) atoms. The van der Waals surface area contributed by atoms with Gasteiger partial charge in [-0.05, 0) is 24.6 Å². The van der Waals surface area contributed by atoms with Gasteiger partial charge >= 0.3 is 0 Å². The number of aromatic nitrogens is 2. The Bertz CT molecular complexity index is 227. The highest BCUT2D eigenvalue weighted by molar-refractivity contribution is 6.28. The third-order valence-electron chi connectivity index (χ3n) is 1.08. The molecule has 0 aliphatic carbocycles. The molecule has 0 aliphatic rings. The van der Waals surface area contributed by atoms with Gasteiger partial charge in [0.15, 0.2) is 0 Å². The molecule has 1 aromatic rings. The predicted octanol–water partition coefficient (Wildman–Crippen LogP) is 1.18. The molecule has 3 nitrogen and oxygen atoms in total. The van der Waals surface area contributed by atoms with Gasteiger partial charge in [0.1, 0.15) is 0 Å². The molecule has 0 bridgehead atoms. The van der Waals surface area contributed by atoms with Crippen LogP contribution in [0, 0.1) is 0 Å². The van der Waals surface area contributed by atoms with Crippen molar-refractivity contribution in [3.05, 3.63) is 23.2 Å². The highest BCUT2D eigenvalue weighted by atomic mass is 35.5. The largest absolute Gasteiger partial charge is 0.387 e. The first-order valence-corrected chi connectivity index (χ1v) is 3.24. The predicted molar refractivity (Wildman–Crippen MR) is 37.7 cm³/mol. The monoisotopic (exact) mass is 158 g/mol. The molecule has 0 saturated carbocycles. The van der Waals surface area contributed by atoms with Crippen LogP contribution >= 0.6 is 11.6 Å². The van der Waals surface area contributed by atoms with Gasteiger partial charge in [-0.2, -0.15) is 0 Å². The molecule has 0 aromatic carbocycles. The molecule has 0 radical (unpaired) electrons. The Labute approximate surface area is 63.7 Å². The molecule has 4 heteroatoms. The lowest BCUT2D eigenvalue weighted by atomic mass is 10.3. The van der Waals surface area contributed by atoms with E-state index in [0.29, 0.717) is 5.69 Å². The van der Waals surface area contributed by atoms with Crippen LogP contribution in [0.4, 0.5) is 0 Å². The van der Waals surface area contributed by atoms with Crippen LogP contribution in [0.3, 0.4) is 0 Å². The molecule has 1 N–H and O–H groups in total. The fraction of sp³-hybridized carbons (Fsp3) is 0.333. The normalized spacial score (nSPS) is 13.1. The van der Waals surface area contributed by atoms with Crippen LogP contribution in [0.5, 0.6) is 0 Å². The van der Waals surface area contributed by atoms with Crippen LogP contribution in [0.15, 0.2) is 12.3 Å². The zero-order valence-electron chi connectivity index (χ0n) is 5.45. The standard InChI is InChI=1S/C6H7ClN2O/c1-4(10)5-2-3-8-6(7)9-5/h2-4,10H,1H3/t4-/m1/s1. The van der Waals surface area contributed by atoms with Crippen molar-refractivity contribution in [1.29, 1.82) is 0 Å². The minimum absolute atomic E-state index is 0.165. The van der Waals surface area contributed by atoms with E-state index < -0.39 is 6.10 Å². The quantitative estimate of drug-likeness (QED) is 0.625. The Morgan fingerprint density at radius 3 is 2.80 bits per heavy atom. The van der Waals surface area contributed by atoms with Crippen LogP contribution < -0.4 is 0 Å². The van der Waals surface area contributed by atoms with Crippen molar-refractivity contribution < 1.29 is 5.11 Å². The van der Waals surface area contributed by atoms with E-state index in [4.69, 9.17) is 16.7 Å². The second-order valence-electron chi connectivity index (χ2n) is 1.93. The summed E-state index contributed by atoms with van der Waals surface area (Å²) >= 11 is 5.46. The summed E-state index contributed by atoms with van der Waals surface area (Å²) in [6, 6.07) is 1.62. The SMILES string of the molecule is C[C@@H](O)c1ccnc(Cl)n1. The van der Waals surface area contributed by atoms with Crippen LogP contribution in [0.1, 0.15) is 18.7 Å². The number of halogens is 1. The average Bonchev–Trinajstić information content (AvgIpc) is 1.88. The summed E-state index contributed by atoms with van der Waals surface area (Å²) in [6.07, 6.45) is 0.928. The van der Waals surface area contributed by atoms with E-state index in [-0.39, 0.29) is 5.28 Å². The molecule has 1 heterocycles. The Kier molecular flexibility index (Phi) is 2.19. The number of rotatable bonds is 1. The van der Waals surface area contributed by atoms with E-state index in [1.807, 2.05) is 0 Å². The van der Waals surface area contributed by atoms with E-state index in [2.05, 4.69) is 9.97 Å². The maximum absolute atomic E-state index is 9.00. The topological polar surface area (TPSA) is 46.0 Å². The van der Waals surface area contributed by atoms with Crippen molar-refractivity contribution in [3.8, 4) is 0 Å². The van der Waals surface area contributed by atoms with E-state index in [9.17, 15) is 0 Å². The van der Waals surface area contributed by atoms with E-state index in [1.54, 1.807) is 13.0 Å². The minimum atomic E-state index is -0.583. The average molecular weight is 159 g/mol. The molecule has 0 aliphatic heterocycles. The van der Waals surface area contributed by atoms with Crippen molar-refractivity contribution in [2.45, 2.75) is 13.0 Å². The van der Waals surface area contributed by atoms with Gasteiger partial charge in [0, 0.05) is 6.20 Å². The molecular formula is C6H7ClN2O. The van der Waals surface area contributed by atoms with Gasteiger partial charge in [0.25, 0.3) is 0 Å². The summed E-state index contributed by atoms with van der Waals surface area (Å²) in [6.45, 7) is 1.62. The maximum Gasteiger partial charge on any atom is 0.222 e. The van der Waals surface area contributed by atoms with E-state index in [0.717, 1.165) is 0 Å². The van der Waals surface area contributed by atoms with Gasteiger partial charge in [-0.25, -0.2) is 9.97 Å². The van der Waals surface area contributed by atoms with Crippen LogP contribution in [0.25, 0.3) is 0 Å². The molecule has 54 valence electrons. The molecule has 0 amide bonds. The Hall–Kier alpha value is -0.670. The van der Waals surface area contributed by atoms with Gasteiger partial charge in [0.2, 0.25) is 5.28 Å². The smallest absolute Gasteiger partial charge is 0.222 e. The molecule has 1 atom stereocenters. The third kappa shape index (κ3) is 1.65. The number of aliphatic hydroxyl groups is 1. The molecule has 1 aromatic heterocycles. The summed E-state index contributed by atoms with van der Waals surface area (Å²) in [5.41, 5.74) is 0.542. The van der Waals surface area contributed by atoms with Crippen molar-refractivity contribution in [2.75, 3.05) is 0 Å². The van der Waals surface area contributed by atoms with E-state index >= 15 is 0 Å². The Morgan fingerprint density at radius 2 is 2.40 bits per heavy atom. The van der Waals surface area contributed by atoms with Gasteiger partial charge in [-0.3, -0.25) is 0 Å². The van der Waals surface area contributed by atoms with Crippen molar-refractivity contribution >= 4 is 11.6 Å². The highest BCUT2D eigenvalue weighted by Gasteiger charge is 2.01. The second-order valence-corrected chi connectivity index (χ2v) is 2.26. The fourth-order valence-electron chi connectivity index (χ4n) is 0.580. The summed E-state index contributed by atoms with van der Waals surface area (Å²) in [7, 11) is 0. The van der Waals surface area contributed by atoms with Gasteiger partial charge < -0.3 is 5.11 Å². The summed E-state index contributed by atoms with van der Waals surface area (Å²) < 4.78 is 0. The van der Waals surface area contributed by atoms with Crippen LogP contribution in [0.2, 0.25) is 5.28 Å². The summed E-state index contributed by atoms with van der Waals surface area (Å²) in [4.78, 5) is 7.44. The van der Waals surface area contributed by atoms with Gasteiger partial charge in [0.05, 0.1) is 11.8 Å². The molecule has 0 saturated heterocycles. The number of hydrogen-bond acceptors (Lipinski definition) is 3. The zero-order chi connectivity index (χ0) is 7.56. The molecule has 0 unspecified atom stereocenters. The lowest BCUT2D eigenvalue weighted by Gasteiger charge is -2.00. The summed E-state index contributed by atoms with van der Waals surface area (Å²) in [5, 5.41) is 9.16. The number of aliphatic hydroxyl groups excluding tert-OH is 1. The number of hydrogen-bond donors (Lipinski definition) is 1. The first-order chi connectivity index (χ1) is 4.70. The zero-order valence-corrected chi connectivity index (χ0v) is 6.21. The minimum Gasteiger partial charge on any atom is -0.387 e. The highest BCUT2D eigenvalue weighted by Crippen LogP contribution is 2.09. The van der Waals surface area contributed by atoms with Crippen molar-refractivity contribution in [1.82, 2.24) is 9.97 Å². The summed E-state index contributed by atoms with van der Waals surface area (Å²) in [5.74, 6) is 0. The molecule has 0 fully saturated rings. The Morgan fingerprint density at radius 1 is 1.70 bits per heavy atom. The lowest BCUT2D eigenvalue weighted by Crippen LogP contribution is -1.95. The first-order valence-electron chi connectivity index (χ1n) is 2.86. The number of nitrogens with zero attached hydrogens (tertiary/aromatic N) is 2. The van der Waals surface area contributed by atoms with Crippen molar-refractivity contribution in [3.63, 3.8) is 0 Å². The molecule has 1 rings (SSSR count). The van der Waals surface area contributed by atoms with E-state index in [1.165, 1.54) is 6.20 Å². The lowest BCUT2D eigenvalue weighted by molar-refractivity contribution is 0.194. The van der Waals surface area contributed by atoms with Crippen LogP contribution in [-0.2, 0) is 0 Å². The van der Waals surface area contributed by atoms with Crippen molar-refractivity contribution in [2.24, 2.45) is 0 Å².